The molecule has 0 spiro atoms. The van der Waals surface area contributed by atoms with E-state index in [4.69, 9.17) is 0 Å². The van der Waals surface area contributed by atoms with Crippen molar-refractivity contribution in [3.63, 3.8) is 0 Å². The summed E-state index contributed by atoms with van der Waals surface area (Å²) in [5.41, 5.74) is 5.87. The van der Waals surface area contributed by atoms with E-state index in [0.717, 1.165) is 28.3 Å². The first kappa shape index (κ1) is 25.3. The van der Waals surface area contributed by atoms with E-state index in [-0.39, 0.29) is 17.5 Å². The molecule has 7 nitrogen and oxygen atoms in total. The smallest absolute Gasteiger partial charge is 0.279 e. The molecule has 1 aliphatic rings. The van der Waals surface area contributed by atoms with Crippen LogP contribution in [0.15, 0.2) is 95.3 Å². The minimum atomic E-state index is -0.254. The van der Waals surface area contributed by atoms with Crippen LogP contribution in [0.25, 0.3) is 11.3 Å². The number of likely N-dealkylation sites (N-methyl/N-ethyl adjacent to an activating group) is 1. The monoisotopic (exact) mass is 507 g/mol. The van der Waals surface area contributed by atoms with Gasteiger partial charge in [0.15, 0.2) is 0 Å². The molecule has 1 atom stereocenters. The predicted molar refractivity (Wildman–Crippen MR) is 154 cm³/mol. The van der Waals surface area contributed by atoms with Gasteiger partial charge in [0.1, 0.15) is 0 Å². The van der Waals surface area contributed by atoms with Crippen molar-refractivity contribution in [2.75, 3.05) is 31.1 Å². The van der Waals surface area contributed by atoms with Crippen molar-refractivity contribution in [2.45, 2.75) is 19.9 Å². The Kier molecular flexibility index (Phi) is 6.55. The predicted octanol–water partition coefficient (Wildman–Crippen LogP) is 4.63. The Morgan fingerprint density at radius 1 is 0.789 bits per heavy atom. The SMILES string of the molecule is Cc1c(C(=C2C(=O)N(c3ccccc3)N(C)C2C)c2ccc(N(C)C)cc2)c(=O)n(-c2ccccc2)n1C. The second-order valence-electron chi connectivity index (χ2n) is 9.87. The second kappa shape index (κ2) is 9.84. The zero-order valence-electron chi connectivity index (χ0n) is 22.7. The fourth-order valence-electron chi connectivity index (χ4n) is 5.20. The Morgan fingerprint density at radius 3 is 1.89 bits per heavy atom. The van der Waals surface area contributed by atoms with E-state index >= 15 is 0 Å². The lowest BCUT2D eigenvalue weighted by molar-refractivity contribution is -0.115. The molecule has 0 N–H and O–H groups in total. The maximum absolute atomic E-state index is 14.2. The third-order valence-electron chi connectivity index (χ3n) is 7.46. The molecule has 7 heteroatoms. The Hall–Kier alpha value is -4.36. The van der Waals surface area contributed by atoms with Gasteiger partial charge in [-0.15, -0.1) is 0 Å². The molecular formula is C31H33N5O2. The summed E-state index contributed by atoms with van der Waals surface area (Å²) in [5.74, 6) is -0.133. The van der Waals surface area contributed by atoms with E-state index in [2.05, 4.69) is 0 Å². The summed E-state index contributed by atoms with van der Waals surface area (Å²) in [6.45, 7) is 3.95. The third kappa shape index (κ3) is 4.05. The van der Waals surface area contributed by atoms with Gasteiger partial charge in [0.25, 0.3) is 11.5 Å². The highest BCUT2D eigenvalue weighted by atomic mass is 16.2. The van der Waals surface area contributed by atoms with Crippen LogP contribution in [-0.4, -0.2) is 47.5 Å². The summed E-state index contributed by atoms with van der Waals surface area (Å²) >= 11 is 0. The molecule has 0 radical (unpaired) electrons. The highest BCUT2D eigenvalue weighted by Gasteiger charge is 2.42. The quantitative estimate of drug-likeness (QED) is 0.370. The zero-order chi connectivity index (χ0) is 27.1. The van der Waals surface area contributed by atoms with E-state index in [1.54, 1.807) is 9.69 Å². The van der Waals surface area contributed by atoms with Crippen LogP contribution in [0.5, 0.6) is 0 Å². The third-order valence-corrected chi connectivity index (χ3v) is 7.46. The minimum Gasteiger partial charge on any atom is -0.378 e. The fourth-order valence-corrected chi connectivity index (χ4v) is 5.20. The van der Waals surface area contributed by atoms with Gasteiger partial charge in [0.2, 0.25) is 0 Å². The number of nitrogens with zero attached hydrogens (tertiary/aromatic N) is 5. The average molecular weight is 508 g/mol. The lowest BCUT2D eigenvalue weighted by Crippen LogP contribution is -2.38. The lowest BCUT2D eigenvalue weighted by atomic mass is 9.90. The van der Waals surface area contributed by atoms with Crippen LogP contribution in [0, 0.1) is 6.92 Å². The largest absolute Gasteiger partial charge is 0.378 e. The topological polar surface area (TPSA) is 53.7 Å². The number of hydrogen-bond acceptors (Lipinski definition) is 4. The number of aromatic nitrogens is 2. The van der Waals surface area contributed by atoms with Gasteiger partial charge in [-0.1, -0.05) is 48.5 Å². The summed E-state index contributed by atoms with van der Waals surface area (Å²) in [6, 6.07) is 27.0. The number of hydrazine groups is 1. The van der Waals surface area contributed by atoms with Crippen LogP contribution in [0.3, 0.4) is 0 Å². The van der Waals surface area contributed by atoms with Gasteiger partial charge in [0, 0.05) is 50.7 Å². The number of hydrogen-bond donors (Lipinski definition) is 0. The van der Waals surface area contributed by atoms with E-state index in [0.29, 0.717) is 16.7 Å². The van der Waals surface area contributed by atoms with Crippen molar-refractivity contribution in [2.24, 2.45) is 7.05 Å². The molecule has 1 aliphatic heterocycles. The molecule has 5 rings (SSSR count). The normalized spacial score (nSPS) is 17.3. The van der Waals surface area contributed by atoms with Gasteiger partial charge in [0.05, 0.1) is 23.0 Å². The fraction of sp³-hybridized carbons (Fsp3) is 0.226. The van der Waals surface area contributed by atoms with Crippen LogP contribution < -0.4 is 15.5 Å². The number of benzene rings is 3. The number of anilines is 2. The first-order chi connectivity index (χ1) is 18.2. The molecule has 0 saturated carbocycles. The van der Waals surface area contributed by atoms with Crippen molar-refractivity contribution in [3.05, 3.63) is 118 Å². The molecule has 3 aromatic carbocycles. The van der Waals surface area contributed by atoms with Crippen molar-refractivity contribution >= 4 is 22.9 Å². The molecule has 4 aromatic rings. The van der Waals surface area contributed by atoms with Crippen LogP contribution in [0.4, 0.5) is 11.4 Å². The zero-order valence-corrected chi connectivity index (χ0v) is 22.7. The molecular weight excluding hydrogens is 474 g/mol. The Labute approximate surface area is 223 Å². The van der Waals surface area contributed by atoms with Gasteiger partial charge in [-0.05, 0) is 55.8 Å². The first-order valence-corrected chi connectivity index (χ1v) is 12.7. The molecule has 194 valence electrons. The number of carbonyl (C=O) groups is 1. The highest BCUT2D eigenvalue weighted by Crippen LogP contribution is 2.38. The van der Waals surface area contributed by atoms with Gasteiger partial charge < -0.3 is 4.90 Å². The van der Waals surface area contributed by atoms with Crippen LogP contribution >= 0.6 is 0 Å². The highest BCUT2D eigenvalue weighted by molar-refractivity contribution is 6.15. The summed E-state index contributed by atoms with van der Waals surface area (Å²) in [7, 11) is 7.77. The average Bonchev–Trinajstić information content (AvgIpc) is 3.28. The maximum Gasteiger partial charge on any atom is 0.279 e. The van der Waals surface area contributed by atoms with Crippen LogP contribution in [0.2, 0.25) is 0 Å². The summed E-state index contributed by atoms with van der Waals surface area (Å²) < 4.78 is 3.53. The summed E-state index contributed by atoms with van der Waals surface area (Å²) in [5, 5.41) is 3.64. The van der Waals surface area contributed by atoms with Gasteiger partial charge in [-0.3, -0.25) is 14.3 Å². The lowest BCUT2D eigenvalue weighted by Gasteiger charge is -2.25. The Morgan fingerprint density at radius 2 is 1.34 bits per heavy atom. The molecule has 2 heterocycles. The van der Waals surface area contributed by atoms with Gasteiger partial charge in [-0.25, -0.2) is 14.7 Å². The van der Waals surface area contributed by atoms with Crippen LogP contribution in [0.1, 0.15) is 23.7 Å². The van der Waals surface area contributed by atoms with Crippen molar-refractivity contribution in [3.8, 4) is 5.69 Å². The number of rotatable bonds is 5. The van der Waals surface area contributed by atoms with Gasteiger partial charge >= 0.3 is 0 Å². The van der Waals surface area contributed by atoms with Crippen molar-refractivity contribution < 1.29 is 4.79 Å². The maximum atomic E-state index is 14.2. The summed E-state index contributed by atoms with van der Waals surface area (Å²) in [4.78, 5) is 30.4. The first-order valence-electron chi connectivity index (χ1n) is 12.7. The molecule has 0 aliphatic carbocycles. The molecule has 38 heavy (non-hydrogen) atoms. The van der Waals surface area contributed by atoms with E-state index < -0.39 is 0 Å². The van der Waals surface area contributed by atoms with Crippen molar-refractivity contribution in [1.82, 2.24) is 14.4 Å². The molecule has 1 unspecified atom stereocenters. The second-order valence-corrected chi connectivity index (χ2v) is 9.87. The number of para-hydroxylation sites is 2. The molecule has 1 aromatic heterocycles. The van der Waals surface area contributed by atoms with Crippen molar-refractivity contribution in [1.29, 1.82) is 0 Å². The van der Waals surface area contributed by atoms with Gasteiger partial charge in [-0.2, -0.15) is 0 Å². The number of carbonyl (C=O) groups excluding carboxylic acids is 1. The Balaban J connectivity index is 1.81. The minimum absolute atomic E-state index is 0.133. The molecule has 0 bridgehead atoms. The molecule has 1 amide bonds. The number of amides is 1. The van der Waals surface area contributed by atoms with E-state index in [9.17, 15) is 9.59 Å². The molecule has 1 saturated heterocycles. The Bertz CT molecular complexity index is 1560. The van der Waals surface area contributed by atoms with E-state index in [1.165, 1.54) is 0 Å². The standard InChI is InChI=1S/C31H33N5O2/c1-21-27(30(37)35(33(21)5)25-13-9-7-10-14-25)29(23-17-19-24(20-18-23)32(3)4)28-22(2)34(6)36(31(28)38)26-15-11-8-12-16-26/h7-21H,1-6H3. The van der Waals surface area contributed by atoms with Crippen LogP contribution in [-0.2, 0) is 11.8 Å². The summed E-state index contributed by atoms with van der Waals surface area (Å²) in [6.07, 6.45) is 0. The van der Waals surface area contributed by atoms with E-state index in [1.807, 2.05) is 142 Å². The molecule has 1 fully saturated rings.